The third kappa shape index (κ3) is 4.01. The van der Waals surface area contributed by atoms with Gasteiger partial charge in [0, 0.05) is 5.69 Å². The summed E-state index contributed by atoms with van der Waals surface area (Å²) in [5, 5.41) is 0. The topological polar surface area (TPSA) is 65.1 Å². The van der Waals surface area contributed by atoms with Gasteiger partial charge >= 0.3 is 11.9 Å². The standard InChI is InChI=1S/C21H21NO5/c1-25-20(23)17-13-27-14-22(19(17)21(24)26-2)18-11-7-6-10-16(18)12-15-8-4-3-5-9-15/h3-11H,12-14H2,1-2H3. The number of ether oxygens (including phenoxy) is 3. The number of hydrogen-bond donors (Lipinski definition) is 0. The van der Waals surface area contributed by atoms with E-state index in [1.54, 1.807) is 4.90 Å². The maximum Gasteiger partial charge on any atom is 0.355 e. The molecule has 140 valence electrons. The Morgan fingerprint density at radius 3 is 2.33 bits per heavy atom. The Labute approximate surface area is 158 Å². The zero-order chi connectivity index (χ0) is 19.2. The van der Waals surface area contributed by atoms with Crippen LogP contribution in [0.5, 0.6) is 0 Å². The van der Waals surface area contributed by atoms with Crippen molar-refractivity contribution in [2.75, 3.05) is 32.5 Å². The predicted molar refractivity (Wildman–Crippen MR) is 100 cm³/mol. The highest BCUT2D eigenvalue weighted by Crippen LogP contribution is 2.30. The summed E-state index contributed by atoms with van der Waals surface area (Å²) >= 11 is 0. The van der Waals surface area contributed by atoms with Crippen LogP contribution in [0.4, 0.5) is 5.69 Å². The van der Waals surface area contributed by atoms with Gasteiger partial charge in [-0.15, -0.1) is 0 Å². The van der Waals surface area contributed by atoms with Gasteiger partial charge in [0.2, 0.25) is 0 Å². The summed E-state index contributed by atoms with van der Waals surface area (Å²) in [5.74, 6) is -1.21. The van der Waals surface area contributed by atoms with Gasteiger partial charge in [0.05, 0.1) is 26.4 Å². The molecule has 0 saturated heterocycles. The van der Waals surface area contributed by atoms with Crippen LogP contribution in [0.15, 0.2) is 65.9 Å². The molecule has 2 aromatic carbocycles. The van der Waals surface area contributed by atoms with Crippen LogP contribution in [0.3, 0.4) is 0 Å². The average Bonchev–Trinajstić information content (AvgIpc) is 2.73. The predicted octanol–water partition coefficient (Wildman–Crippen LogP) is 2.67. The lowest BCUT2D eigenvalue weighted by atomic mass is 10.0. The molecule has 6 heteroatoms. The molecular formula is C21H21NO5. The summed E-state index contributed by atoms with van der Waals surface area (Å²) in [6.07, 6.45) is 0.676. The first kappa shape index (κ1) is 18.7. The van der Waals surface area contributed by atoms with E-state index in [2.05, 4.69) is 0 Å². The minimum atomic E-state index is -0.611. The second-order valence-corrected chi connectivity index (χ2v) is 6.01. The zero-order valence-electron chi connectivity index (χ0n) is 15.3. The van der Waals surface area contributed by atoms with Crippen LogP contribution in [0, 0.1) is 0 Å². The number of carbonyl (C=O) groups is 2. The van der Waals surface area contributed by atoms with Crippen molar-refractivity contribution < 1.29 is 23.8 Å². The second kappa shape index (κ2) is 8.51. The number of esters is 2. The van der Waals surface area contributed by atoms with Gasteiger partial charge in [-0.2, -0.15) is 0 Å². The van der Waals surface area contributed by atoms with E-state index in [4.69, 9.17) is 14.2 Å². The zero-order valence-corrected chi connectivity index (χ0v) is 15.3. The Hall–Kier alpha value is -3.12. The van der Waals surface area contributed by atoms with Crippen molar-refractivity contribution in [3.8, 4) is 0 Å². The number of methoxy groups -OCH3 is 2. The SMILES string of the molecule is COC(=O)C1=C(C(=O)OC)N(c2ccccc2Cc2ccccc2)COC1. The molecule has 0 aliphatic carbocycles. The van der Waals surface area contributed by atoms with Gasteiger partial charge in [0.1, 0.15) is 12.4 Å². The molecule has 2 aromatic rings. The molecule has 0 unspecified atom stereocenters. The molecule has 0 amide bonds. The molecule has 0 saturated carbocycles. The largest absolute Gasteiger partial charge is 0.466 e. The fraction of sp³-hybridized carbons (Fsp3) is 0.238. The van der Waals surface area contributed by atoms with E-state index < -0.39 is 11.9 Å². The molecule has 1 aliphatic heterocycles. The third-order valence-corrected chi connectivity index (χ3v) is 4.35. The molecule has 1 aliphatic rings. The van der Waals surface area contributed by atoms with Crippen molar-refractivity contribution in [3.05, 3.63) is 77.0 Å². The first-order chi connectivity index (χ1) is 13.2. The summed E-state index contributed by atoms with van der Waals surface area (Å²) in [5.41, 5.74) is 3.21. The molecular weight excluding hydrogens is 346 g/mol. The highest BCUT2D eigenvalue weighted by molar-refractivity contribution is 6.03. The highest BCUT2D eigenvalue weighted by atomic mass is 16.5. The molecule has 1 heterocycles. The Balaban J connectivity index is 2.06. The minimum Gasteiger partial charge on any atom is -0.466 e. The Morgan fingerprint density at radius 2 is 1.63 bits per heavy atom. The molecule has 0 atom stereocenters. The number of rotatable bonds is 5. The van der Waals surface area contributed by atoms with E-state index in [9.17, 15) is 9.59 Å². The fourth-order valence-corrected chi connectivity index (χ4v) is 3.07. The van der Waals surface area contributed by atoms with Crippen LogP contribution in [-0.2, 0) is 30.2 Å². The molecule has 0 N–H and O–H groups in total. The van der Waals surface area contributed by atoms with Gasteiger partial charge in [0.15, 0.2) is 0 Å². The van der Waals surface area contributed by atoms with Gasteiger partial charge in [-0.3, -0.25) is 0 Å². The van der Waals surface area contributed by atoms with Crippen LogP contribution < -0.4 is 4.90 Å². The summed E-state index contributed by atoms with van der Waals surface area (Å²) < 4.78 is 15.3. The van der Waals surface area contributed by atoms with Gasteiger partial charge in [-0.25, -0.2) is 9.59 Å². The van der Waals surface area contributed by atoms with Gasteiger partial charge < -0.3 is 19.1 Å². The minimum absolute atomic E-state index is 0.00550. The summed E-state index contributed by atoms with van der Waals surface area (Å²) in [6.45, 7) is 0.130. The van der Waals surface area contributed by atoms with Gasteiger partial charge in [-0.1, -0.05) is 48.5 Å². The van der Waals surface area contributed by atoms with Crippen molar-refractivity contribution in [3.63, 3.8) is 0 Å². The number of hydrogen-bond acceptors (Lipinski definition) is 6. The summed E-state index contributed by atoms with van der Waals surface area (Å²) in [7, 11) is 2.56. The quantitative estimate of drug-likeness (QED) is 0.757. The molecule has 27 heavy (non-hydrogen) atoms. The smallest absolute Gasteiger partial charge is 0.355 e. The molecule has 0 radical (unpaired) electrons. The van der Waals surface area contributed by atoms with Gasteiger partial charge in [-0.05, 0) is 23.6 Å². The Bertz CT molecular complexity index is 860. The van der Waals surface area contributed by atoms with E-state index >= 15 is 0 Å². The van der Waals surface area contributed by atoms with Crippen molar-refractivity contribution in [2.24, 2.45) is 0 Å². The number of benzene rings is 2. The highest BCUT2D eigenvalue weighted by Gasteiger charge is 2.33. The van der Waals surface area contributed by atoms with Crippen LogP contribution in [-0.4, -0.2) is 39.5 Å². The van der Waals surface area contributed by atoms with Crippen molar-refractivity contribution in [2.45, 2.75) is 6.42 Å². The summed E-state index contributed by atoms with van der Waals surface area (Å²) in [4.78, 5) is 26.3. The average molecular weight is 367 g/mol. The number of carbonyl (C=O) groups excluding carboxylic acids is 2. The first-order valence-corrected chi connectivity index (χ1v) is 8.52. The second-order valence-electron chi connectivity index (χ2n) is 6.01. The van der Waals surface area contributed by atoms with Crippen molar-refractivity contribution >= 4 is 17.6 Å². The van der Waals surface area contributed by atoms with E-state index in [0.29, 0.717) is 6.42 Å². The van der Waals surface area contributed by atoms with E-state index in [0.717, 1.165) is 16.8 Å². The van der Waals surface area contributed by atoms with E-state index in [1.165, 1.54) is 14.2 Å². The molecule has 0 aromatic heterocycles. The summed E-state index contributed by atoms with van der Waals surface area (Å²) in [6, 6.07) is 17.7. The maximum atomic E-state index is 12.5. The number of nitrogens with zero attached hydrogens (tertiary/aromatic N) is 1. The Kier molecular flexibility index (Phi) is 5.88. The first-order valence-electron chi connectivity index (χ1n) is 8.52. The maximum absolute atomic E-state index is 12.5. The van der Waals surface area contributed by atoms with Crippen molar-refractivity contribution in [1.82, 2.24) is 0 Å². The normalized spacial score (nSPS) is 14.1. The molecule has 0 bridgehead atoms. The Morgan fingerprint density at radius 1 is 0.963 bits per heavy atom. The van der Waals surface area contributed by atoms with Crippen molar-refractivity contribution in [1.29, 1.82) is 0 Å². The van der Waals surface area contributed by atoms with Crippen LogP contribution in [0.2, 0.25) is 0 Å². The lowest BCUT2D eigenvalue weighted by molar-refractivity contribution is -0.140. The van der Waals surface area contributed by atoms with Crippen LogP contribution in [0.25, 0.3) is 0 Å². The molecule has 0 spiro atoms. The lowest BCUT2D eigenvalue weighted by Gasteiger charge is -2.32. The van der Waals surface area contributed by atoms with Crippen LogP contribution in [0.1, 0.15) is 11.1 Å². The molecule has 0 fully saturated rings. The van der Waals surface area contributed by atoms with E-state index in [1.807, 2.05) is 54.6 Å². The van der Waals surface area contributed by atoms with Gasteiger partial charge in [0.25, 0.3) is 0 Å². The van der Waals surface area contributed by atoms with Crippen LogP contribution >= 0.6 is 0 Å². The molecule has 3 rings (SSSR count). The van der Waals surface area contributed by atoms with E-state index in [-0.39, 0.29) is 24.6 Å². The number of anilines is 1. The monoisotopic (exact) mass is 367 g/mol. The number of para-hydroxylation sites is 1. The lowest BCUT2D eigenvalue weighted by Crippen LogP contribution is -2.39. The molecule has 6 nitrogen and oxygen atoms in total. The fourth-order valence-electron chi connectivity index (χ4n) is 3.07. The third-order valence-electron chi connectivity index (χ3n) is 4.35.